The van der Waals surface area contributed by atoms with Crippen molar-refractivity contribution in [2.75, 3.05) is 0 Å². The van der Waals surface area contributed by atoms with Gasteiger partial charge in [0.25, 0.3) is 5.91 Å². The number of carbonyl (C=O) groups is 1. The Morgan fingerprint density at radius 2 is 2.24 bits per heavy atom. The Bertz CT molecular complexity index is 747. The Morgan fingerprint density at radius 1 is 1.38 bits per heavy atom. The summed E-state index contributed by atoms with van der Waals surface area (Å²) in [6, 6.07) is 7.83. The molecular weight excluding hydrogens is 268 g/mol. The van der Waals surface area contributed by atoms with Gasteiger partial charge in [0.05, 0.1) is 18.2 Å². The number of para-hydroxylation sites is 1. The predicted molar refractivity (Wildman–Crippen MR) is 76.0 cm³/mol. The summed E-state index contributed by atoms with van der Waals surface area (Å²) in [7, 11) is 0. The fourth-order valence-corrected chi connectivity index (χ4v) is 2.10. The van der Waals surface area contributed by atoms with Crippen LogP contribution in [0.5, 0.6) is 0 Å². The number of rotatable bonds is 4. The van der Waals surface area contributed by atoms with Crippen LogP contribution in [0, 0.1) is 6.92 Å². The lowest BCUT2D eigenvalue weighted by Gasteiger charge is -2.10. The van der Waals surface area contributed by atoms with Gasteiger partial charge in [-0.25, -0.2) is 4.98 Å². The maximum atomic E-state index is 12.1. The van der Waals surface area contributed by atoms with Crippen molar-refractivity contribution in [1.29, 1.82) is 0 Å². The van der Waals surface area contributed by atoms with E-state index in [-0.39, 0.29) is 5.91 Å². The number of hydrogen-bond acceptors (Lipinski definition) is 4. The quantitative estimate of drug-likeness (QED) is 0.795. The molecule has 1 aromatic carbocycles. The van der Waals surface area contributed by atoms with Crippen molar-refractivity contribution in [1.82, 2.24) is 20.0 Å². The average Bonchev–Trinajstić information content (AvgIpc) is 3.16. The first-order chi connectivity index (χ1) is 10.3. The summed E-state index contributed by atoms with van der Waals surface area (Å²) in [6.45, 7) is 2.12. The molecule has 6 heteroatoms. The molecule has 0 spiro atoms. The largest absolute Gasteiger partial charge is 0.361 e. The normalized spacial score (nSPS) is 10.5. The summed E-state index contributed by atoms with van der Waals surface area (Å²) < 4.78 is 6.81. The van der Waals surface area contributed by atoms with Crippen molar-refractivity contribution in [2.24, 2.45) is 0 Å². The van der Waals surface area contributed by atoms with Crippen LogP contribution in [0.1, 0.15) is 21.7 Å². The third-order valence-corrected chi connectivity index (χ3v) is 3.21. The van der Waals surface area contributed by atoms with Gasteiger partial charge in [0.2, 0.25) is 0 Å². The molecule has 0 saturated heterocycles. The van der Waals surface area contributed by atoms with Crippen molar-refractivity contribution < 1.29 is 9.32 Å². The highest BCUT2D eigenvalue weighted by Crippen LogP contribution is 2.14. The molecular formula is C15H14N4O2. The van der Waals surface area contributed by atoms with Crippen LogP contribution in [0.3, 0.4) is 0 Å². The molecule has 21 heavy (non-hydrogen) atoms. The average molecular weight is 282 g/mol. The molecule has 0 fully saturated rings. The molecule has 106 valence electrons. The van der Waals surface area contributed by atoms with Crippen LogP contribution in [-0.2, 0) is 6.54 Å². The first-order valence-electron chi connectivity index (χ1n) is 6.51. The second-order valence-electron chi connectivity index (χ2n) is 4.58. The van der Waals surface area contributed by atoms with Crippen molar-refractivity contribution in [3.05, 3.63) is 66.1 Å². The van der Waals surface area contributed by atoms with Gasteiger partial charge in [0.1, 0.15) is 11.3 Å². The Balaban J connectivity index is 1.77. The van der Waals surface area contributed by atoms with E-state index in [2.05, 4.69) is 15.5 Å². The number of hydrogen-bond donors (Lipinski definition) is 1. The lowest BCUT2D eigenvalue weighted by Crippen LogP contribution is -2.23. The smallest absolute Gasteiger partial charge is 0.256 e. The maximum absolute atomic E-state index is 12.1. The third kappa shape index (κ3) is 2.69. The van der Waals surface area contributed by atoms with E-state index in [0.29, 0.717) is 17.9 Å². The van der Waals surface area contributed by atoms with E-state index in [1.54, 1.807) is 19.4 Å². The van der Waals surface area contributed by atoms with E-state index in [1.807, 2.05) is 35.0 Å². The number of aryl methyl sites for hydroxylation is 1. The fraction of sp³-hybridized carbons (Fsp3) is 0.133. The number of aromatic nitrogens is 3. The van der Waals surface area contributed by atoms with Crippen molar-refractivity contribution >= 4 is 5.91 Å². The third-order valence-electron chi connectivity index (χ3n) is 3.21. The van der Waals surface area contributed by atoms with E-state index >= 15 is 0 Å². The standard InChI is InChI=1S/C15H14N4O2/c1-11-13(9-18-21-11)15(20)17-8-12-4-2-3-5-14(12)19-7-6-16-10-19/h2-7,9-10H,8H2,1H3,(H,17,20). The minimum atomic E-state index is -0.200. The van der Waals surface area contributed by atoms with Gasteiger partial charge >= 0.3 is 0 Å². The predicted octanol–water partition coefficient (Wildman–Crippen LogP) is 2.10. The zero-order valence-corrected chi connectivity index (χ0v) is 11.5. The lowest BCUT2D eigenvalue weighted by molar-refractivity contribution is 0.0949. The first kappa shape index (κ1) is 13.1. The number of nitrogens with one attached hydrogen (secondary N) is 1. The molecule has 3 aromatic rings. The topological polar surface area (TPSA) is 73.0 Å². The molecule has 6 nitrogen and oxygen atoms in total. The summed E-state index contributed by atoms with van der Waals surface area (Å²) in [5, 5.41) is 6.48. The molecule has 0 atom stereocenters. The van der Waals surface area contributed by atoms with E-state index in [0.717, 1.165) is 11.3 Å². The highest BCUT2D eigenvalue weighted by molar-refractivity contribution is 5.94. The number of carbonyl (C=O) groups excluding carboxylic acids is 1. The van der Waals surface area contributed by atoms with Crippen LogP contribution in [0.2, 0.25) is 0 Å². The summed E-state index contributed by atoms with van der Waals surface area (Å²) >= 11 is 0. The lowest BCUT2D eigenvalue weighted by atomic mass is 10.1. The van der Waals surface area contributed by atoms with Gasteiger partial charge < -0.3 is 14.4 Å². The number of imidazole rings is 1. The highest BCUT2D eigenvalue weighted by atomic mass is 16.5. The Kier molecular flexibility index (Phi) is 3.51. The van der Waals surface area contributed by atoms with Crippen LogP contribution in [0.25, 0.3) is 5.69 Å². The Morgan fingerprint density at radius 3 is 2.95 bits per heavy atom. The summed E-state index contributed by atoms with van der Waals surface area (Å²) in [5.41, 5.74) is 2.44. The second-order valence-corrected chi connectivity index (χ2v) is 4.58. The number of nitrogens with zero attached hydrogens (tertiary/aromatic N) is 3. The Hall–Kier alpha value is -2.89. The van der Waals surface area contributed by atoms with Gasteiger partial charge in [-0.1, -0.05) is 23.4 Å². The zero-order chi connectivity index (χ0) is 14.7. The maximum Gasteiger partial charge on any atom is 0.256 e. The minimum absolute atomic E-state index is 0.200. The SMILES string of the molecule is Cc1oncc1C(=O)NCc1ccccc1-n1ccnc1. The molecule has 0 saturated carbocycles. The van der Waals surface area contributed by atoms with Gasteiger partial charge in [0.15, 0.2) is 0 Å². The first-order valence-corrected chi connectivity index (χ1v) is 6.51. The van der Waals surface area contributed by atoms with Crippen molar-refractivity contribution in [3.8, 4) is 5.69 Å². The molecule has 3 rings (SSSR count). The van der Waals surface area contributed by atoms with Crippen molar-refractivity contribution in [2.45, 2.75) is 13.5 Å². The zero-order valence-electron chi connectivity index (χ0n) is 11.5. The number of amides is 1. The van der Waals surface area contributed by atoms with Gasteiger partial charge in [-0.15, -0.1) is 0 Å². The van der Waals surface area contributed by atoms with Gasteiger partial charge in [0, 0.05) is 18.9 Å². The molecule has 0 aliphatic carbocycles. The molecule has 1 amide bonds. The van der Waals surface area contributed by atoms with Crippen LogP contribution >= 0.6 is 0 Å². The van der Waals surface area contributed by atoms with E-state index in [9.17, 15) is 4.79 Å². The molecule has 0 unspecified atom stereocenters. The highest BCUT2D eigenvalue weighted by Gasteiger charge is 2.13. The fourth-order valence-electron chi connectivity index (χ4n) is 2.10. The molecule has 1 N–H and O–H groups in total. The molecule has 2 aromatic heterocycles. The molecule has 0 aliphatic rings. The van der Waals surface area contributed by atoms with Crippen LogP contribution < -0.4 is 5.32 Å². The monoisotopic (exact) mass is 282 g/mol. The summed E-state index contributed by atoms with van der Waals surface area (Å²) in [5.74, 6) is 0.310. The molecule has 0 radical (unpaired) electrons. The van der Waals surface area contributed by atoms with Gasteiger partial charge in [-0.3, -0.25) is 4.79 Å². The van der Waals surface area contributed by atoms with E-state index < -0.39 is 0 Å². The van der Waals surface area contributed by atoms with Crippen LogP contribution in [0.15, 0.2) is 53.7 Å². The molecule has 0 bridgehead atoms. The van der Waals surface area contributed by atoms with E-state index in [4.69, 9.17) is 4.52 Å². The van der Waals surface area contributed by atoms with E-state index in [1.165, 1.54) is 6.20 Å². The Labute approximate surface area is 121 Å². The van der Waals surface area contributed by atoms with Gasteiger partial charge in [-0.05, 0) is 18.6 Å². The summed E-state index contributed by atoms with van der Waals surface area (Å²) in [4.78, 5) is 16.1. The van der Waals surface area contributed by atoms with Gasteiger partial charge in [-0.2, -0.15) is 0 Å². The van der Waals surface area contributed by atoms with Crippen molar-refractivity contribution in [3.63, 3.8) is 0 Å². The summed E-state index contributed by atoms with van der Waals surface area (Å²) in [6.07, 6.45) is 6.73. The minimum Gasteiger partial charge on any atom is -0.361 e. The molecule has 2 heterocycles. The van der Waals surface area contributed by atoms with Crippen LogP contribution in [-0.4, -0.2) is 20.6 Å². The van der Waals surface area contributed by atoms with Crippen LogP contribution in [0.4, 0.5) is 0 Å². The molecule has 0 aliphatic heterocycles. The second kappa shape index (κ2) is 5.62. The number of benzene rings is 1.